The van der Waals surface area contributed by atoms with Crippen LogP contribution in [0.2, 0.25) is 0 Å². The second-order valence-electron chi connectivity index (χ2n) is 3.81. The van der Waals surface area contributed by atoms with E-state index >= 15 is 0 Å². The number of benzene rings is 1. The fourth-order valence-electron chi connectivity index (χ4n) is 1.67. The lowest BCUT2D eigenvalue weighted by Gasteiger charge is -2.06. The Hall–Kier alpha value is -2.61. The van der Waals surface area contributed by atoms with Crippen LogP contribution in [0, 0.1) is 11.3 Å². The lowest BCUT2D eigenvalue weighted by molar-refractivity contribution is 0.886. The number of hydrogen-bond acceptors (Lipinski definition) is 3. The number of nitrogens with zero attached hydrogens (tertiary/aromatic N) is 2. The molecule has 2 aromatic rings. The number of nitrogens with one attached hydrogen (secondary N) is 1. The van der Waals surface area contributed by atoms with Crippen molar-refractivity contribution >= 4 is 0 Å². The molecule has 0 spiro atoms. The average Bonchev–Trinajstić information content (AvgIpc) is 2.39. The predicted molar refractivity (Wildman–Crippen MR) is 66.8 cm³/mol. The molecule has 0 saturated carbocycles. The highest BCUT2D eigenvalue weighted by atomic mass is 16.2. The Balaban J connectivity index is 2.68. The normalized spacial score (nSPS) is 10.0. The number of aryl methyl sites for hydroxylation is 1. The van der Waals surface area contributed by atoms with Crippen molar-refractivity contribution in [3.05, 3.63) is 62.4 Å². The molecule has 0 radical (unpaired) electrons. The van der Waals surface area contributed by atoms with E-state index < -0.39 is 11.2 Å². The van der Waals surface area contributed by atoms with Crippen LogP contribution in [0.25, 0.3) is 5.69 Å². The summed E-state index contributed by atoms with van der Waals surface area (Å²) in [5, 5.41) is 8.80. The summed E-state index contributed by atoms with van der Waals surface area (Å²) in [5.41, 5.74) is 0.408. The van der Waals surface area contributed by atoms with Crippen molar-refractivity contribution in [2.45, 2.75) is 13.3 Å². The van der Waals surface area contributed by atoms with E-state index in [-0.39, 0.29) is 5.56 Å². The maximum absolute atomic E-state index is 11.7. The standard InChI is InChI=1S/C13H11N3O2/c1-2-9-4-3-5-11(6-9)16-8-10(7-14)12(17)15-13(16)18/h3-6,8H,2H2,1H3,(H,15,17,18). The van der Waals surface area contributed by atoms with E-state index in [1.54, 1.807) is 12.1 Å². The van der Waals surface area contributed by atoms with E-state index in [0.29, 0.717) is 5.69 Å². The van der Waals surface area contributed by atoms with Gasteiger partial charge in [-0.25, -0.2) is 4.79 Å². The van der Waals surface area contributed by atoms with Crippen LogP contribution >= 0.6 is 0 Å². The fourth-order valence-corrected chi connectivity index (χ4v) is 1.67. The van der Waals surface area contributed by atoms with Crippen molar-refractivity contribution in [3.63, 3.8) is 0 Å². The van der Waals surface area contributed by atoms with Crippen molar-refractivity contribution in [3.8, 4) is 11.8 Å². The zero-order valence-electron chi connectivity index (χ0n) is 9.80. The largest absolute Gasteiger partial charge is 0.332 e. The minimum absolute atomic E-state index is 0.0866. The Morgan fingerprint density at radius 1 is 1.39 bits per heavy atom. The van der Waals surface area contributed by atoms with Crippen molar-refractivity contribution in [1.29, 1.82) is 5.26 Å². The lowest BCUT2D eigenvalue weighted by atomic mass is 10.1. The number of hydrogen-bond donors (Lipinski definition) is 1. The van der Waals surface area contributed by atoms with Crippen molar-refractivity contribution in [1.82, 2.24) is 9.55 Å². The molecule has 0 saturated heterocycles. The molecule has 1 N–H and O–H groups in total. The number of rotatable bonds is 2. The van der Waals surface area contributed by atoms with Gasteiger partial charge in [-0.05, 0) is 24.1 Å². The van der Waals surface area contributed by atoms with Crippen LogP contribution in [0.5, 0.6) is 0 Å². The van der Waals surface area contributed by atoms with Crippen LogP contribution in [-0.4, -0.2) is 9.55 Å². The molecule has 0 unspecified atom stereocenters. The first-order chi connectivity index (χ1) is 8.65. The third kappa shape index (κ3) is 2.09. The van der Waals surface area contributed by atoms with Gasteiger partial charge >= 0.3 is 5.69 Å². The minimum atomic E-state index is -0.662. The zero-order chi connectivity index (χ0) is 13.1. The summed E-state index contributed by atoms with van der Waals surface area (Å²) < 4.78 is 1.26. The molecule has 0 atom stereocenters. The smallest absolute Gasteiger partial charge is 0.273 e. The van der Waals surface area contributed by atoms with E-state index in [0.717, 1.165) is 12.0 Å². The maximum atomic E-state index is 11.7. The van der Waals surface area contributed by atoms with Gasteiger partial charge in [0.25, 0.3) is 5.56 Å². The predicted octanol–water partition coefficient (Wildman–Crippen LogP) is 0.960. The average molecular weight is 241 g/mol. The summed E-state index contributed by atoms with van der Waals surface area (Å²) in [6.07, 6.45) is 2.10. The van der Waals surface area contributed by atoms with Crippen molar-refractivity contribution in [2.24, 2.45) is 0 Å². The zero-order valence-corrected chi connectivity index (χ0v) is 9.80. The number of nitriles is 1. The Labute approximate surface area is 103 Å². The van der Waals surface area contributed by atoms with Gasteiger partial charge in [-0.1, -0.05) is 19.1 Å². The van der Waals surface area contributed by atoms with Gasteiger partial charge < -0.3 is 0 Å². The highest BCUT2D eigenvalue weighted by molar-refractivity contribution is 5.37. The van der Waals surface area contributed by atoms with E-state index in [1.807, 2.05) is 25.1 Å². The third-order valence-corrected chi connectivity index (χ3v) is 2.66. The molecule has 2 rings (SSSR count). The Morgan fingerprint density at radius 3 is 2.83 bits per heavy atom. The van der Waals surface area contributed by atoms with E-state index in [2.05, 4.69) is 4.98 Å². The topological polar surface area (TPSA) is 78.7 Å². The Bertz CT molecular complexity index is 735. The van der Waals surface area contributed by atoms with Crippen LogP contribution in [0.15, 0.2) is 40.1 Å². The van der Waals surface area contributed by atoms with E-state index in [1.165, 1.54) is 10.8 Å². The van der Waals surface area contributed by atoms with E-state index in [4.69, 9.17) is 5.26 Å². The summed E-state index contributed by atoms with van der Waals surface area (Å²) in [6.45, 7) is 2.01. The van der Waals surface area contributed by atoms with Crippen LogP contribution in [0.3, 0.4) is 0 Å². The Kier molecular flexibility index (Phi) is 3.11. The first kappa shape index (κ1) is 11.9. The van der Waals surface area contributed by atoms with Crippen LogP contribution in [0.1, 0.15) is 18.1 Å². The summed E-state index contributed by atoms with van der Waals surface area (Å²) >= 11 is 0. The third-order valence-electron chi connectivity index (χ3n) is 2.66. The molecule has 5 heteroatoms. The Morgan fingerprint density at radius 2 is 2.17 bits per heavy atom. The lowest BCUT2D eigenvalue weighted by Crippen LogP contribution is -2.30. The second-order valence-corrected chi connectivity index (χ2v) is 3.81. The van der Waals surface area contributed by atoms with Gasteiger partial charge in [0.1, 0.15) is 11.6 Å². The number of aromatic amines is 1. The van der Waals surface area contributed by atoms with Crippen LogP contribution in [-0.2, 0) is 6.42 Å². The van der Waals surface area contributed by atoms with Gasteiger partial charge in [-0.15, -0.1) is 0 Å². The minimum Gasteiger partial charge on any atom is -0.273 e. The quantitative estimate of drug-likeness (QED) is 0.850. The molecule has 18 heavy (non-hydrogen) atoms. The summed E-state index contributed by atoms with van der Waals surface area (Å²) in [7, 11) is 0. The molecule has 1 heterocycles. The second kappa shape index (κ2) is 4.72. The summed E-state index contributed by atoms with van der Waals surface area (Å²) in [4.78, 5) is 25.1. The SMILES string of the molecule is CCc1cccc(-n2cc(C#N)c(=O)[nH]c2=O)c1. The molecule has 0 aliphatic heterocycles. The van der Waals surface area contributed by atoms with Crippen LogP contribution in [0.4, 0.5) is 0 Å². The molecule has 0 amide bonds. The molecule has 0 bridgehead atoms. The van der Waals surface area contributed by atoms with Gasteiger partial charge in [-0.2, -0.15) is 5.26 Å². The molecular weight excluding hydrogens is 230 g/mol. The molecule has 90 valence electrons. The highest BCUT2D eigenvalue weighted by Crippen LogP contribution is 2.09. The van der Waals surface area contributed by atoms with E-state index in [9.17, 15) is 9.59 Å². The van der Waals surface area contributed by atoms with Gasteiger partial charge in [0.05, 0.1) is 5.69 Å². The summed E-state index contributed by atoms with van der Waals surface area (Å²) in [6, 6.07) is 9.14. The van der Waals surface area contributed by atoms with Gasteiger partial charge in [0.15, 0.2) is 0 Å². The molecule has 1 aromatic heterocycles. The van der Waals surface area contributed by atoms with Crippen molar-refractivity contribution in [2.75, 3.05) is 0 Å². The molecule has 5 nitrogen and oxygen atoms in total. The molecule has 1 aromatic carbocycles. The fraction of sp³-hybridized carbons (Fsp3) is 0.154. The van der Waals surface area contributed by atoms with Crippen LogP contribution < -0.4 is 11.2 Å². The molecular formula is C13H11N3O2. The highest BCUT2D eigenvalue weighted by Gasteiger charge is 2.05. The molecule has 0 aliphatic carbocycles. The first-order valence-electron chi connectivity index (χ1n) is 5.51. The maximum Gasteiger partial charge on any atom is 0.332 e. The van der Waals surface area contributed by atoms with Crippen molar-refractivity contribution < 1.29 is 0 Å². The van der Waals surface area contributed by atoms with Gasteiger partial charge in [-0.3, -0.25) is 14.3 Å². The van der Waals surface area contributed by atoms with Gasteiger partial charge in [0.2, 0.25) is 0 Å². The molecule has 0 fully saturated rings. The van der Waals surface area contributed by atoms with Gasteiger partial charge in [0, 0.05) is 6.20 Å². The first-order valence-corrected chi connectivity index (χ1v) is 5.51. The number of aromatic nitrogens is 2. The molecule has 0 aliphatic rings. The summed E-state index contributed by atoms with van der Waals surface area (Å²) in [5.74, 6) is 0. The monoisotopic (exact) mass is 241 g/mol. The number of H-pyrrole nitrogens is 1.